The molecular formula is C15H23NO4S. The number of unbranched alkanes of at least 4 members (excludes halogenated alkanes) is 1. The number of aliphatic carboxylic acids is 1. The quantitative estimate of drug-likeness (QED) is 0.686. The fourth-order valence-electron chi connectivity index (χ4n) is 1.97. The number of hydrogen-bond donors (Lipinski definition) is 2. The van der Waals surface area contributed by atoms with Crippen LogP contribution in [0.5, 0.6) is 0 Å². The van der Waals surface area contributed by atoms with Gasteiger partial charge in [0.25, 0.3) is 0 Å². The SMILES string of the molecule is CC(C)Cc1ccc(S(=O)(=O)NCCCCC(=O)O)cc1. The third-order valence-electron chi connectivity index (χ3n) is 2.99. The molecule has 0 heterocycles. The molecule has 1 aromatic rings. The first-order chi connectivity index (χ1) is 9.81. The van der Waals surface area contributed by atoms with Crippen molar-refractivity contribution in [3.63, 3.8) is 0 Å². The highest BCUT2D eigenvalue weighted by Crippen LogP contribution is 2.13. The van der Waals surface area contributed by atoms with E-state index in [1.165, 1.54) is 0 Å². The van der Waals surface area contributed by atoms with E-state index in [9.17, 15) is 13.2 Å². The summed E-state index contributed by atoms with van der Waals surface area (Å²) in [6.45, 7) is 4.48. The van der Waals surface area contributed by atoms with Crippen LogP contribution in [0.3, 0.4) is 0 Å². The smallest absolute Gasteiger partial charge is 0.303 e. The predicted molar refractivity (Wildman–Crippen MR) is 81.7 cm³/mol. The number of carbonyl (C=O) groups is 1. The van der Waals surface area contributed by atoms with Gasteiger partial charge in [-0.3, -0.25) is 4.79 Å². The molecule has 0 radical (unpaired) electrons. The molecule has 0 fully saturated rings. The van der Waals surface area contributed by atoms with Gasteiger partial charge >= 0.3 is 5.97 Å². The zero-order valence-corrected chi connectivity index (χ0v) is 13.3. The third kappa shape index (κ3) is 6.73. The molecule has 0 aliphatic heterocycles. The van der Waals surface area contributed by atoms with Crippen LogP contribution in [0.4, 0.5) is 0 Å². The highest BCUT2D eigenvalue weighted by molar-refractivity contribution is 7.89. The van der Waals surface area contributed by atoms with E-state index in [4.69, 9.17) is 5.11 Å². The lowest BCUT2D eigenvalue weighted by Crippen LogP contribution is -2.24. The van der Waals surface area contributed by atoms with Crippen molar-refractivity contribution < 1.29 is 18.3 Å². The van der Waals surface area contributed by atoms with Crippen molar-refractivity contribution >= 4 is 16.0 Å². The molecular weight excluding hydrogens is 290 g/mol. The third-order valence-corrected chi connectivity index (χ3v) is 4.46. The molecule has 0 aliphatic rings. The lowest BCUT2D eigenvalue weighted by molar-refractivity contribution is -0.137. The Labute approximate surface area is 126 Å². The molecule has 0 unspecified atom stereocenters. The van der Waals surface area contributed by atoms with Crippen LogP contribution in [0.25, 0.3) is 0 Å². The molecule has 0 saturated heterocycles. The first-order valence-corrected chi connectivity index (χ1v) is 8.60. The van der Waals surface area contributed by atoms with Gasteiger partial charge in [0.1, 0.15) is 0 Å². The standard InChI is InChI=1S/C15H23NO4S/c1-12(2)11-13-6-8-14(9-7-13)21(19,20)16-10-4-3-5-15(17)18/h6-9,12,16H,3-5,10-11H2,1-2H3,(H,17,18). The zero-order chi connectivity index (χ0) is 15.9. The molecule has 5 nitrogen and oxygen atoms in total. The fraction of sp³-hybridized carbons (Fsp3) is 0.533. The molecule has 2 N–H and O–H groups in total. The molecule has 1 rings (SSSR count). The second kappa shape index (κ2) is 8.14. The molecule has 6 heteroatoms. The van der Waals surface area contributed by atoms with E-state index >= 15 is 0 Å². The van der Waals surface area contributed by atoms with E-state index in [1.807, 2.05) is 12.1 Å². The van der Waals surface area contributed by atoms with Crippen LogP contribution < -0.4 is 4.72 Å². The van der Waals surface area contributed by atoms with Crippen molar-refractivity contribution in [2.75, 3.05) is 6.54 Å². The molecule has 21 heavy (non-hydrogen) atoms. The monoisotopic (exact) mass is 313 g/mol. The average molecular weight is 313 g/mol. The predicted octanol–water partition coefficient (Wildman–Crippen LogP) is 2.42. The van der Waals surface area contributed by atoms with Gasteiger partial charge in [-0.15, -0.1) is 0 Å². The van der Waals surface area contributed by atoms with Gasteiger partial charge in [0.2, 0.25) is 10.0 Å². The summed E-state index contributed by atoms with van der Waals surface area (Å²) in [5.74, 6) is -0.335. The van der Waals surface area contributed by atoms with Gasteiger partial charge in [0, 0.05) is 13.0 Å². The molecule has 1 aromatic carbocycles. The Morgan fingerprint density at radius 3 is 2.33 bits per heavy atom. The minimum atomic E-state index is -3.50. The number of benzene rings is 1. The topological polar surface area (TPSA) is 83.5 Å². The normalized spacial score (nSPS) is 11.8. The molecule has 118 valence electrons. The summed E-state index contributed by atoms with van der Waals surface area (Å²) in [6, 6.07) is 6.88. The van der Waals surface area contributed by atoms with Crippen LogP contribution in [0, 0.1) is 5.92 Å². The van der Waals surface area contributed by atoms with Crippen LogP contribution >= 0.6 is 0 Å². The molecule has 0 atom stereocenters. The summed E-state index contributed by atoms with van der Waals surface area (Å²) in [4.78, 5) is 10.6. The maximum Gasteiger partial charge on any atom is 0.303 e. The van der Waals surface area contributed by atoms with Gasteiger partial charge in [0.15, 0.2) is 0 Å². The summed E-state index contributed by atoms with van der Waals surface area (Å²) >= 11 is 0. The molecule has 0 amide bonds. The van der Waals surface area contributed by atoms with Crippen molar-refractivity contribution in [3.8, 4) is 0 Å². The first kappa shape index (κ1) is 17.7. The van der Waals surface area contributed by atoms with Gasteiger partial charge in [-0.25, -0.2) is 13.1 Å². The number of sulfonamides is 1. The van der Waals surface area contributed by atoms with Crippen LogP contribution in [-0.2, 0) is 21.2 Å². The van der Waals surface area contributed by atoms with Gasteiger partial charge in [0.05, 0.1) is 4.90 Å². The lowest BCUT2D eigenvalue weighted by Gasteiger charge is -2.08. The summed E-state index contributed by atoms with van der Waals surface area (Å²) in [7, 11) is -3.50. The Kier molecular flexibility index (Phi) is 6.84. The van der Waals surface area contributed by atoms with Crippen LogP contribution in [0.15, 0.2) is 29.2 Å². The minimum absolute atomic E-state index is 0.0611. The van der Waals surface area contributed by atoms with E-state index < -0.39 is 16.0 Å². The van der Waals surface area contributed by atoms with Crippen molar-refractivity contribution in [1.29, 1.82) is 0 Å². The Morgan fingerprint density at radius 2 is 1.81 bits per heavy atom. The minimum Gasteiger partial charge on any atom is -0.481 e. The zero-order valence-electron chi connectivity index (χ0n) is 12.5. The maximum atomic E-state index is 12.0. The van der Waals surface area contributed by atoms with Gasteiger partial charge in [-0.1, -0.05) is 26.0 Å². The molecule has 0 saturated carbocycles. The summed E-state index contributed by atoms with van der Waals surface area (Å²) in [5, 5.41) is 8.50. The lowest BCUT2D eigenvalue weighted by atomic mass is 10.0. The van der Waals surface area contributed by atoms with E-state index in [2.05, 4.69) is 18.6 Å². The van der Waals surface area contributed by atoms with Crippen molar-refractivity contribution in [2.45, 2.75) is 44.4 Å². The van der Waals surface area contributed by atoms with Crippen molar-refractivity contribution in [1.82, 2.24) is 4.72 Å². The Bertz CT molecular complexity index is 550. The number of hydrogen-bond acceptors (Lipinski definition) is 3. The second-order valence-electron chi connectivity index (χ2n) is 5.49. The maximum absolute atomic E-state index is 12.0. The Balaban J connectivity index is 2.52. The van der Waals surface area contributed by atoms with Gasteiger partial charge in [-0.05, 0) is 42.9 Å². The molecule has 0 bridgehead atoms. The highest BCUT2D eigenvalue weighted by Gasteiger charge is 2.13. The van der Waals surface area contributed by atoms with Crippen LogP contribution in [-0.4, -0.2) is 26.0 Å². The largest absolute Gasteiger partial charge is 0.481 e. The number of nitrogens with one attached hydrogen (secondary N) is 1. The second-order valence-corrected chi connectivity index (χ2v) is 7.26. The molecule has 0 aliphatic carbocycles. The van der Waals surface area contributed by atoms with Crippen LogP contribution in [0.1, 0.15) is 38.7 Å². The number of rotatable bonds is 9. The Morgan fingerprint density at radius 1 is 1.19 bits per heavy atom. The fourth-order valence-corrected chi connectivity index (χ4v) is 3.04. The van der Waals surface area contributed by atoms with Gasteiger partial charge in [-0.2, -0.15) is 0 Å². The molecule has 0 spiro atoms. The molecule has 0 aromatic heterocycles. The van der Waals surface area contributed by atoms with Gasteiger partial charge < -0.3 is 5.11 Å². The Hall–Kier alpha value is -1.40. The van der Waals surface area contributed by atoms with Crippen LogP contribution in [0.2, 0.25) is 0 Å². The summed E-state index contributed by atoms with van der Waals surface area (Å²) in [6.07, 6.45) is 1.96. The summed E-state index contributed by atoms with van der Waals surface area (Å²) < 4.78 is 26.6. The number of carboxylic acid groups (broad SMARTS) is 1. The van der Waals surface area contributed by atoms with Crippen molar-refractivity contribution in [3.05, 3.63) is 29.8 Å². The van der Waals surface area contributed by atoms with Crippen molar-refractivity contribution in [2.24, 2.45) is 5.92 Å². The average Bonchev–Trinajstić information content (AvgIpc) is 2.37. The highest BCUT2D eigenvalue weighted by atomic mass is 32.2. The number of carboxylic acids is 1. The van der Waals surface area contributed by atoms with E-state index in [-0.39, 0.29) is 17.9 Å². The first-order valence-electron chi connectivity index (χ1n) is 7.11. The van der Waals surface area contributed by atoms with E-state index in [1.54, 1.807) is 12.1 Å². The van der Waals surface area contributed by atoms with E-state index in [0.717, 1.165) is 12.0 Å². The summed E-state index contributed by atoms with van der Waals surface area (Å²) in [5.41, 5.74) is 1.12. The van der Waals surface area contributed by atoms with E-state index in [0.29, 0.717) is 18.8 Å².